The fourth-order valence-electron chi connectivity index (χ4n) is 2.88. The van der Waals surface area contributed by atoms with E-state index in [1.54, 1.807) is 0 Å². The minimum Gasteiger partial charge on any atom is -0.314 e. The number of hydrogen-bond donors (Lipinski definition) is 1. The van der Waals surface area contributed by atoms with Gasteiger partial charge in [-0.15, -0.1) is 0 Å². The van der Waals surface area contributed by atoms with Gasteiger partial charge in [-0.2, -0.15) is 0 Å². The van der Waals surface area contributed by atoms with Gasteiger partial charge < -0.3 is 5.32 Å². The van der Waals surface area contributed by atoms with Gasteiger partial charge in [0.1, 0.15) is 0 Å². The lowest BCUT2D eigenvalue weighted by Gasteiger charge is -2.19. The van der Waals surface area contributed by atoms with Gasteiger partial charge in [-0.1, -0.05) is 32.6 Å². The third-order valence-corrected chi connectivity index (χ3v) is 4.08. The lowest BCUT2D eigenvalue weighted by atomic mass is 10.0. The third-order valence-electron chi connectivity index (χ3n) is 4.08. The molecule has 1 heteroatoms. The van der Waals surface area contributed by atoms with Crippen molar-refractivity contribution in [1.29, 1.82) is 0 Å². The zero-order chi connectivity index (χ0) is 9.80. The normalized spacial score (nSPS) is 32.4. The molecule has 0 saturated heterocycles. The Morgan fingerprint density at radius 3 is 2.71 bits per heavy atom. The highest BCUT2D eigenvalue weighted by atomic mass is 14.9. The molecule has 0 aromatic rings. The first-order valence-corrected chi connectivity index (χ1v) is 6.63. The molecule has 2 fully saturated rings. The van der Waals surface area contributed by atoms with Gasteiger partial charge in [-0.05, 0) is 44.1 Å². The summed E-state index contributed by atoms with van der Waals surface area (Å²) in [4.78, 5) is 0. The van der Waals surface area contributed by atoms with Gasteiger partial charge in [-0.25, -0.2) is 0 Å². The molecule has 0 amide bonds. The van der Waals surface area contributed by atoms with Crippen LogP contribution in [0.3, 0.4) is 0 Å². The van der Waals surface area contributed by atoms with Crippen LogP contribution in [0.2, 0.25) is 0 Å². The van der Waals surface area contributed by atoms with Gasteiger partial charge in [0.25, 0.3) is 0 Å². The van der Waals surface area contributed by atoms with Crippen molar-refractivity contribution < 1.29 is 0 Å². The maximum absolute atomic E-state index is 3.77. The molecule has 2 saturated carbocycles. The van der Waals surface area contributed by atoms with E-state index in [4.69, 9.17) is 0 Å². The Morgan fingerprint density at radius 1 is 1.14 bits per heavy atom. The summed E-state index contributed by atoms with van der Waals surface area (Å²) in [6, 6.07) is 0.860. The van der Waals surface area contributed by atoms with Gasteiger partial charge in [0.05, 0.1) is 0 Å². The van der Waals surface area contributed by atoms with Crippen molar-refractivity contribution in [3.63, 3.8) is 0 Å². The van der Waals surface area contributed by atoms with Crippen LogP contribution in [-0.2, 0) is 0 Å². The Hall–Kier alpha value is -0.0400. The first kappa shape index (κ1) is 10.5. The molecule has 0 aliphatic heterocycles. The van der Waals surface area contributed by atoms with Crippen LogP contribution in [0, 0.1) is 11.8 Å². The Balaban J connectivity index is 1.54. The standard InChI is InChI=1S/C13H25N/c1-2-12-6-3-7-13(12)14-10-4-5-11-8-9-11/h11-14H,2-10H2,1H3. The van der Waals surface area contributed by atoms with Crippen molar-refractivity contribution in [2.45, 2.75) is 64.3 Å². The summed E-state index contributed by atoms with van der Waals surface area (Å²) in [7, 11) is 0. The van der Waals surface area contributed by atoms with E-state index >= 15 is 0 Å². The fraction of sp³-hybridized carbons (Fsp3) is 1.00. The zero-order valence-electron chi connectivity index (χ0n) is 9.60. The average Bonchev–Trinajstić information content (AvgIpc) is 2.91. The predicted octanol–water partition coefficient (Wildman–Crippen LogP) is 3.34. The summed E-state index contributed by atoms with van der Waals surface area (Å²) >= 11 is 0. The number of nitrogens with one attached hydrogen (secondary N) is 1. The molecule has 0 aromatic carbocycles. The Morgan fingerprint density at radius 2 is 2.00 bits per heavy atom. The summed E-state index contributed by atoms with van der Waals surface area (Å²) < 4.78 is 0. The van der Waals surface area contributed by atoms with Crippen molar-refractivity contribution in [2.24, 2.45) is 11.8 Å². The van der Waals surface area contributed by atoms with E-state index in [0.29, 0.717) is 0 Å². The molecule has 2 rings (SSSR count). The Kier molecular flexibility index (Phi) is 3.86. The quantitative estimate of drug-likeness (QED) is 0.641. The van der Waals surface area contributed by atoms with Gasteiger partial charge in [0, 0.05) is 6.04 Å². The molecular weight excluding hydrogens is 170 g/mol. The van der Waals surface area contributed by atoms with Crippen molar-refractivity contribution in [1.82, 2.24) is 5.32 Å². The van der Waals surface area contributed by atoms with E-state index in [9.17, 15) is 0 Å². The molecule has 1 N–H and O–H groups in total. The van der Waals surface area contributed by atoms with E-state index in [0.717, 1.165) is 17.9 Å². The molecule has 2 unspecified atom stereocenters. The van der Waals surface area contributed by atoms with E-state index < -0.39 is 0 Å². The lowest BCUT2D eigenvalue weighted by molar-refractivity contribution is 0.385. The van der Waals surface area contributed by atoms with E-state index in [1.807, 2.05) is 0 Å². The summed E-state index contributed by atoms with van der Waals surface area (Å²) in [5.74, 6) is 2.10. The van der Waals surface area contributed by atoms with Gasteiger partial charge >= 0.3 is 0 Å². The van der Waals surface area contributed by atoms with Crippen molar-refractivity contribution in [2.75, 3.05) is 6.54 Å². The van der Waals surface area contributed by atoms with Crippen molar-refractivity contribution in [3.8, 4) is 0 Å². The van der Waals surface area contributed by atoms with Crippen molar-refractivity contribution in [3.05, 3.63) is 0 Å². The van der Waals surface area contributed by atoms with Crippen LogP contribution in [0.4, 0.5) is 0 Å². The molecular formula is C13H25N. The van der Waals surface area contributed by atoms with Crippen LogP contribution in [0.15, 0.2) is 0 Å². The SMILES string of the molecule is CCC1CCCC1NCCCC1CC1. The lowest BCUT2D eigenvalue weighted by Crippen LogP contribution is -2.32. The zero-order valence-corrected chi connectivity index (χ0v) is 9.60. The Bertz CT molecular complexity index is 163. The maximum Gasteiger partial charge on any atom is 0.00952 e. The van der Waals surface area contributed by atoms with Crippen LogP contribution in [0.25, 0.3) is 0 Å². The third kappa shape index (κ3) is 2.98. The van der Waals surface area contributed by atoms with E-state index in [-0.39, 0.29) is 0 Å². The molecule has 0 aromatic heterocycles. The molecule has 0 spiro atoms. The van der Waals surface area contributed by atoms with Crippen LogP contribution < -0.4 is 5.32 Å². The van der Waals surface area contributed by atoms with Crippen LogP contribution in [0.5, 0.6) is 0 Å². The molecule has 0 radical (unpaired) electrons. The summed E-state index contributed by atoms with van der Waals surface area (Å²) in [5.41, 5.74) is 0. The molecule has 2 aliphatic rings. The van der Waals surface area contributed by atoms with E-state index in [1.165, 1.54) is 57.9 Å². The molecule has 1 nitrogen and oxygen atoms in total. The predicted molar refractivity (Wildman–Crippen MR) is 61.4 cm³/mol. The second kappa shape index (κ2) is 5.16. The van der Waals surface area contributed by atoms with Crippen LogP contribution >= 0.6 is 0 Å². The molecule has 2 atom stereocenters. The average molecular weight is 195 g/mol. The topological polar surface area (TPSA) is 12.0 Å². The van der Waals surface area contributed by atoms with Crippen LogP contribution in [0.1, 0.15) is 58.3 Å². The summed E-state index contributed by atoms with van der Waals surface area (Å²) in [6.07, 6.45) is 11.7. The number of hydrogen-bond acceptors (Lipinski definition) is 1. The number of rotatable bonds is 6. The fourth-order valence-corrected chi connectivity index (χ4v) is 2.88. The van der Waals surface area contributed by atoms with Gasteiger partial charge in [0.15, 0.2) is 0 Å². The van der Waals surface area contributed by atoms with Crippen LogP contribution in [-0.4, -0.2) is 12.6 Å². The molecule has 0 bridgehead atoms. The minimum atomic E-state index is 0.860. The molecule has 0 heterocycles. The highest BCUT2D eigenvalue weighted by molar-refractivity contribution is 4.82. The molecule has 14 heavy (non-hydrogen) atoms. The first-order chi connectivity index (χ1) is 6.90. The summed E-state index contributed by atoms with van der Waals surface area (Å²) in [5, 5.41) is 3.77. The van der Waals surface area contributed by atoms with E-state index in [2.05, 4.69) is 12.2 Å². The van der Waals surface area contributed by atoms with Crippen molar-refractivity contribution >= 4 is 0 Å². The second-order valence-corrected chi connectivity index (χ2v) is 5.25. The summed E-state index contributed by atoms with van der Waals surface area (Å²) in [6.45, 7) is 3.62. The monoisotopic (exact) mass is 195 g/mol. The maximum atomic E-state index is 3.77. The highest BCUT2D eigenvalue weighted by Crippen LogP contribution is 2.33. The first-order valence-electron chi connectivity index (χ1n) is 6.63. The molecule has 2 aliphatic carbocycles. The highest BCUT2D eigenvalue weighted by Gasteiger charge is 2.25. The largest absolute Gasteiger partial charge is 0.314 e. The molecule has 82 valence electrons. The smallest absolute Gasteiger partial charge is 0.00952 e. The van der Waals surface area contributed by atoms with Gasteiger partial charge in [0.2, 0.25) is 0 Å². The second-order valence-electron chi connectivity index (χ2n) is 5.25. The minimum absolute atomic E-state index is 0.860. The Labute approximate surface area is 88.7 Å². The van der Waals surface area contributed by atoms with Gasteiger partial charge in [-0.3, -0.25) is 0 Å².